The van der Waals surface area contributed by atoms with Crippen molar-refractivity contribution < 1.29 is 22.8 Å². The summed E-state index contributed by atoms with van der Waals surface area (Å²) in [5.41, 5.74) is 5.75. The first kappa shape index (κ1) is 20.2. The predicted molar refractivity (Wildman–Crippen MR) is 100 cm³/mol. The number of benzene rings is 1. The van der Waals surface area contributed by atoms with Gasteiger partial charge in [-0.25, -0.2) is 13.2 Å². The molecule has 1 saturated carbocycles. The smallest absolute Gasteiger partial charge is 0.228 e. The van der Waals surface area contributed by atoms with Crippen LogP contribution < -0.4 is 5.73 Å². The lowest BCUT2D eigenvalue weighted by atomic mass is 10.0. The molecule has 2 amide bonds. The molecule has 2 aliphatic heterocycles. The van der Waals surface area contributed by atoms with E-state index in [9.17, 15) is 22.8 Å². The normalized spacial score (nSPS) is 25.8. The van der Waals surface area contributed by atoms with Crippen molar-refractivity contribution in [2.24, 2.45) is 17.1 Å². The number of fused-ring (bicyclic) bond motifs is 1. The fraction of sp³-hybridized carbons (Fsp3) is 0.619. The Morgan fingerprint density at radius 2 is 1.86 bits per heavy atom. The van der Waals surface area contributed by atoms with Gasteiger partial charge in [-0.3, -0.25) is 9.59 Å². The number of likely N-dealkylation sites (tertiary alicyclic amines) is 2. The molecule has 0 radical (unpaired) electrons. The molecule has 8 heteroatoms. The van der Waals surface area contributed by atoms with Gasteiger partial charge in [-0.15, -0.1) is 0 Å². The van der Waals surface area contributed by atoms with Crippen LogP contribution in [0.5, 0.6) is 0 Å². The van der Waals surface area contributed by atoms with E-state index >= 15 is 0 Å². The number of nitrogens with two attached hydrogens (primary N) is 1. The van der Waals surface area contributed by atoms with Gasteiger partial charge in [-0.1, -0.05) is 6.92 Å². The fourth-order valence-corrected chi connectivity index (χ4v) is 4.64. The molecule has 0 bridgehead atoms. The van der Waals surface area contributed by atoms with Gasteiger partial charge in [0, 0.05) is 49.5 Å². The highest BCUT2D eigenvalue weighted by Crippen LogP contribution is 2.47. The summed E-state index contributed by atoms with van der Waals surface area (Å²) in [6.07, 6.45) is 2.64. The monoisotopic (exact) mass is 409 g/mol. The topological polar surface area (TPSA) is 66.6 Å². The Morgan fingerprint density at radius 1 is 1.17 bits per heavy atom. The second-order valence-electron chi connectivity index (χ2n) is 9.00. The van der Waals surface area contributed by atoms with Crippen LogP contribution in [0.15, 0.2) is 12.1 Å². The number of hydrogen-bond acceptors (Lipinski definition) is 3. The number of nitrogens with zero attached hydrogens (tertiary/aromatic N) is 2. The molecule has 0 unspecified atom stereocenters. The number of halogens is 3. The van der Waals surface area contributed by atoms with Crippen molar-refractivity contribution in [2.75, 3.05) is 19.6 Å². The van der Waals surface area contributed by atoms with Gasteiger partial charge >= 0.3 is 0 Å². The number of hydrogen-bond donors (Lipinski definition) is 1. The Bertz CT molecular complexity index is 843. The quantitative estimate of drug-likeness (QED) is 0.759. The van der Waals surface area contributed by atoms with Crippen molar-refractivity contribution >= 4 is 11.8 Å². The van der Waals surface area contributed by atoms with Crippen molar-refractivity contribution in [3.63, 3.8) is 0 Å². The lowest BCUT2D eigenvalue weighted by Crippen LogP contribution is -2.43. The Labute approximate surface area is 168 Å². The van der Waals surface area contributed by atoms with E-state index in [1.54, 1.807) is 4.90 Å². The molecular weight excluding hydrogens is 383 g/mol. The Balaban J connectivity index is 1.35. The van der Waals surface area contributed by atoms with E-state index in [2.05, 4.69) is 0 Å². The van der Waals surface area contributed by atoms with Crippen LogP contribution in [0.3, 0.4) is 0 Å². The molecule has 4 rings (SSSR count). The Hall–Kier alpha value is -2.09. The lowest BCUT2D eigenvalue weighted by molar-refractivity contribution is -0.137. The standard InChI is InChI=1S/C21H26F3N3O2/c1-21(3-4-21)20(29)26-10-12-2-5-27(18(12)11-26)19(28)8-14(25)6-13-7-16(23)17(24)9-15(13)22/h7,9,12,14,18H,2-6,8,10-11,25H2,1H3/t12-,14+,18+/m0/s1. The number of carbonyl (C=O) groups is 2. The summed E-state index contributed by atoms with van der Waals surface area (Å²) in [5.74, 6) is -2.93. The summed E-state index contributed by atoms with van der Waals surface area (Å²) >= 11 is 0. The fourth-order valence-electron chi connectivity index (χ4n) is 4.64. The summed E-state index contributed by atoms with van der Waals surface area (Å²) in [6.45, 7) is 3.86. The van der Waals surface area contributed by atoms with Crippen molar-refractivity contribution in [1.82, 2.24) is 9.80 Å². The molecule has 3 fully saturated rings. The minimum atomic E-state index is -1.25. The molecule has 1 aliphatic carbocycles. The maximum Gasteiger partial charge on any atom is 0.228 e. The second kappa shape index (κ2) is 7.31. The molecular formula is C21H26F3N3O2. The van der Waals surface area contributed by atoms with Gasteiger partial charge in [0.2, 0.25) is 11.8 Å². The summed E-state index contributed by atoms with van der Waals surface area (Å²) < 4.78 is 40.3. The van der Waals surface area contributed by atoms with Gasteiger partial charge in [0.15, 0.2) is 11.6 Å². The minimum Gasteiger partial charge on any atom is -0.340 e. The first-order chi connectivity index (χ1) is 13.7. The van der Waals surface area contributed by atoms with Gasteiger partial charge in [0.1, 0.15) is 5.82 Å². The van der Waals surface area contributed by atoms with E-state index in [0.717, 1.165) is 25.3 Å². The highest BCUT2D eigenvalue weighted by molar-refractivity contribution is 5.85. The molecule has 29 heavy (non-hydrogen) atoms. The zero-order valence-corrected chi connectivity index (χ0v) is 16.5. The van der Waals surface area contributed by atoms with Gasteiger partial charge in [0.05, 0.1) is 6.04 Å². The Morgan fingerprint density at radius 3 is 2.55 bits per heavy atom. The number of amides is 2. The average molecular weight is 409 g/mol. The van der Waals surface area contributed by atoms with Gasteiger partial charge < -0.3 is 15.5 Å². The van der Waals surface area contributed by atoms with E-state index in [1.165, 1.54) is 0 Å². The largest absolute Gasteiger partial charge is 0.340 e. The van der Waals surface area contributed by atoms with Crippen molar-refractivity contribution in [2.45, 2.75) is 51.1 Å². The van der Waals surface area contributed by atoms with Crippen LogP contribution in [0.4, 0.5) is 13.2 Å². The third-order valence-electron chi connectivity index (χ3n) is 6.68. The van der Waals surface area contributed by atoms with Gasteiger partial charge in [-0.2, -0.15) is 0 Å². The van der Waals surface area contributed by atoms with Crippen LogP contribution in [0, 0.1) is 28.8 Å². The molecule has 0 spiro atoms. The summed E-state index contributed by atoms with van der Waals surface area (Å²) in [7, 11) is 0. The van der Waals surface area contributed by atoms with Crippen LogP contribution in [0.2, 0.25) is 0 Å². The van der Waals surface area contributed by atoms with Crippen LogP contribution in [-0.4, -0.2) is 53.3 Å². The van der Waals surface area contributed by atoms with E-state index < -0.39 is 23.5 Å². The van der Waals surface area contributed by atoms with E-state index in [-0.39, 0.29) is 47.6 Å². The van der Waals surface area contributed by atoms with Crippen molar-refractivity contribution in [3.8, 4) is 0 Å². The summed E-state index contributed by atoms with van der Waals surface area (Å²) in [5, 5.41) is 0. The first-order valence-corrected chi connectivity index (χ1v) is 10.2. The molecule has 3 aliphatic rings. The van der Waals surface area contributed by atoms with Crippen LogP contribution in [-0.2, 0) is 16.0 Å². The van der Waals surface area contributed by atoms with Gasteiger partial charge in [0.25, 0.3) is 0 Å². The maximum absolute atomic E-state index is 13.8. The zero-order valence-electron chi connectivity index (χ0n) is 16.5. The van der Waals surface area contributed by atoms with Crippen LogP contribution in [0.25, 0.3) is 0 Å². The molecule has 5 nitrogen and oxygen atoms in total. The third kappa shape index (κ3) is 3.86. The maximum atomic E-state index is 13.8. The first-order valence-electron chi connectivity index (χ1n) is 10.2. The SMILES string of the molecule is CC1(C(=O)N2C[C@@H]3CCN(C(=O)C[C@H](N)Cc4cc(F)c(F)cc4F)[C@@H]3C2)CC1. The lowest BCUT2D eigenvalue weighted by Gasteiger charge is -2.27. The number of rotatable bonds is 5. The molecule has 1 aromatic rings. The summed E-state index contributed by atoms with van der Waals surface area (Å²) in [4.78, 5) is 29.1. The molecule has 2 N–H and O–H groups in total. The highest BCUT2D eigenvalue weighted by Gasteiger charge is 2.52. The van der Waals surface area contributed by atoms with Crippen molar-refractivity contribution in [1.29, 1.82) is 0 Å². The van der Waals surface area contributed by atoms with E-state index in [1.807, 2.05) is 11.8 Å². The van der Waals surface area contributed by atoms with E-state index in [0.29, 0.717) is 25.7 Å². The molecule has 2 saturated heterocycles. The predicted octanol–water partition coefficient (Wildman–Crippen LogP) is 2.22. The van der Waals surface area contributed by atoms with Crippen LogP contribution in [0.1, 0.15) is 38.2 Å². The minimum absolute atomic E-state index is 0.000928. The summed E-state index contributed by atoms with van der Waals surface area (Å²) in [6, 6.07) is 0.584. The second-order valence-corrected chi connectivity index (χ2v) is 9.00. The molecule has 158 valence electrons. The van der Waals surface area contributed by atoms with E-state index in [4.69, 9.17) is 5.73 Å². The Kier molecular flexibility index (Phi) is 5.09. The molecule has 1 aromatic carbocycles. The van der Waals surface area contributed by atoms with Crippen LogP contribution >= 0.6 is 0 Å². The molecule has 2 heterocycles. The highest BCUT2D eigenvalue weighted by atomic mass is 19.2. The molecule has 0 aromatic heterocycles. The zero-order chi connectivity index (χ0) is 20.9. The average Bonchev–Trinajstić information content (AvgIpc) is 3.09. The van der Waals surface area contributed by atoms with Crippen molar-refractivity contribution in [3.05, 3.63) is 35.1 Å². The molecule has 3 atom stereocenters. The number of carbonyl (C=O) groups excluding carboxylic acids is 2. The third-order valence-corrected chi connectivity index (χ3v) is 6.68. The van der Waals surface area contributed by atoms with Gasteiger partial charge in [-0.05, 0) is 37.3 Å².